The topological polar surface area (TPSA) is 83.0 Å². The highest BCUT2D eigenvalue weighted by Gasteiger charge is 2.34. The summed E-state index contributed by atoms with van der Waals surface area (Å²) < 4.78 is 17.6. The van der Waals surface area contributed by atoms with Crippen LogP contribution < -0.4 is 10.6 Å². The fourth-order valence-corrected chi connectivity index (χ4v) is 3.65. The Hall–Kier alpha value is -1.36. The molecule has 1 aliphatic heterocycles. The lowest BCUT2D eigenvalue weighted by molar-refractivity contribution is 0.00701. The smallest absolute Gasteiger partial charge is 0.410 e. The van der Waals surface area contributed by atoms with Crippen LogP contribution in [0.25, 0.3) is 0 Å². The molecule has 1 saturated heterocycles. The van der Waals surface area contributed by atoms with Crippen LogP contribution in [0.1, 0.15) is 33.3 Å². The zero-order chi connectivity index (χ0) is 20.6. The number of hydrogen-bond donors (Lipinski definition) is 2. The number of carbonyl (C=O) groups is 1. The molecule has 9 heteroatoms. The number of aliphatic imine (C=N–C) groups is 1. The van der Waals surface area contributed by atoms with Crippen molar-refractivity contribution in [3.05, 3.63) is 35.9 Å². The van der Waals surface area contributed by atoms with Crippen molar-refractivity contribution < 1.29 is 13.7 Å². The van der Waals surface area contributed by atoms with E-state index in [0.717, 1.165) is 12.1 Å². The molecule has 29 heavy (non-hydrogen) atoms. The van der Waals surface area contributed by atoms with Gasteiger partial charge in [-0.1, -0.05) is 30.3 Å². The average Bonchev–Trinajstić information content (AvgIpc) is 2.56. The second-order valence-electron chi connectivity index (χ2n) is 7.76. The van der Waals surface area contributed by atoms with Gasteiger partial charge in [0.05, 0.1) is 12.6 Å². The summed E-state index contributed by atoms with van der Waals surface area (Å²) in [6, 6.07) is 9.98. The van der Waals surface area contributed by atoms with E-state index in [1.54, 1.807) is 4.90 Å². The maximum absolute atomic E-state index is 12.2. The van der Waals surface area contributed by atoms with Gasteiger partial charge in [-0.15, -0.1) is 24.0 Å². The van der Waals surface area contributed by atoms with Crippen LogP contribution in [0.3, 0.4) is 0 Å². The van der Waals surface area contributed by atoms with Gasteiger partial charge in [-0.25, -0.2) is 4.79 Å². The van der Waals surface area contributed by atoms with Crippen LogP contribution in [-0.2, 0) is 21.3 Å². The van der Waals surface area contributed by atoms with Crippen molar-refractivity contribution in [3.8, 4) is 0 Å². The van der Waals surface area contributed by atoms with Crippen molar-refractivity contribution in [1.29, 1.82) is 0 Å². The molecule has 1 atom stereocenters. The van der Waals surface area contributed by atoms with Gasteiger partial charge >= 0.3 is 6.09 Å². The zero-order valence-electron chi connectivity index (χ0n) is 17.6. The van der Waals surface area contributed by atoms with E-state index in [2.05, 4.69) is 15.6 Å². The second-order valence-corrected chi connectivity index (χ2v) is 9.34. The summed E-state index contributed by atoms with van der Waals surface area (Å²) in [5.74, 6) is 1.75. The number of nitrogens with zero attached hydrogens (tertiary/aromatic N) is 2. The van der Waals surface area contributed by atoms with Gasteiger partial charge in [-0.3, -0.25) is 9.20 Å². The van der Waals surface area contributed by atoms with Crippen LogP contribution in [0.15, 0.2) is 35.3 Å². The Balaban J connectivity index is 0.00000420. The molecular formula is C20H33IN4O3S. The Morgan fingerprint density at radius 2 is 1.93 bits per heavy atom. The van der Waals surface area contributed by atoms with Gasteiger partial charge in [0.2, 0.25) is 0 Å². The van der Waals surface area contributed by atoms with Crippen LogP contribution in [-0.4, -0.2) is 64.7 Å². The fraction of sp³-hybridized carbons (Fsp3) is 0.600. The minimum Gasteiger partial charge on any atom is -0.444 e. The summed E-state index contributed by atoms with van der Waals surface area (Å²) in [6.45, 7) is 9.96. The molecule has 1 aliphatic rings. The number of hydrogen-bond acceptors (Lipinski definition) is 4. The lowest BCUT2D eigenvalue weighted by atomic mass is 10.1. The Morgan fingerprint density at radius 1 is 1.28 bits per heavy atom. The minimum atomic E-state index is -0.946. The van der Waals surface area contributed by atoms with E-state index in [4.69, 9.17) is 4.74 Å². The molecule has 2 rings (SSSR count). The third-order valence-electron chi connectivity index (χ3n) is 3.98. The molecule has 7 nitrogen and oxygen atoms in total. The van der Waals surface area contributed by atoms with Crippen LogP contribution in [0, 0.1) is 0 Å². The van der Waals surface area contributed by atoms with Crippen molar-refractivity contribution in [1.82, 2.24) is 15.5 Å². The number of amides is 1. The van der Waals surface area contributed by atoms with E-state index in [1.165, 1.54) is 0 Å². The molecule has 0 spiro atoms. The summed E-state index contributed by atoms with van der Waals surface area (Å²) in [6.07, 6.45) is -0.288. The average molecular weight is 536 g/mol. The van der Waals surface area contributed by atoms with Crippen LogP contribution in [0.2, 0.25) is 0 Å². The number of ether oxygens (including phenoxy) is 1. The van der Waals surface area contributed by atoms with Gasteiger partial charge in [-0.05, 0) is 33.3 Å². The van der Waals surface area contributed by atoms with E-state index in [-0.39, 0.29) is 36.1 Å². The Morgan fingerprint density at radius 3 is 2.52 bits per heavy atom. The molecule has 0 aromatic heterocycles. The second kappa shape index (κ2) is 12.4. The standard InChI is InChI=1S/C20H32N4O3S.HI/c1-5-21-18(22-11-12-28(26)15-16-9-7-6-8-10-16)23-17-13-24(14-17)19(25)27-20(2,3)4;/h6-10,17H,5,11-15H2,1-4H3,(H2,21,22,23);1H. The Labute approximate surface area is 193 Å². The largest absolute Gasteiger partial charge is 0.444 e. The zero-order valence-corrected chi connectivity index (χ0v) is 20.8. The Bertz CT molecular complexity index is 689. The van der Waals surface area contributed by atoms with E-state index in [1.807, 2.05) is 58.0 Å². The maximum atomic E-state index is 12.2. The Kier molecular flexibility index (Phi) is 10.9. The molecule has 2 N–H and O–H groups in total. The number of carbonyl (C=O) groups excluding carboxylic acids is 1. The van der Waals surface area contributed by atoms with Crippen LogP contribution in [0.4, 0.5) is 4.79 Å². The van der Waals surface area contributed by atoms with Crippen LogP contribution in [0.5, 0.6) is 0 Å². The van der Waals surface area contributed by atoms with Crippen molar-refractivity contribution in [2.45, 2.75) is 45.1 Å². The fourth-order valence-electron chi connectivity index (χ4n) is 2.65. The molecule has 1 unspecified atom stereocenters. The number of rotatable bonds is 7. The number of likely N-dealkylation sites (tertiary alicyclic amines) is 1. The summed E-state index contributed by atoms with van der Waals surface area (Å²) in [7, 11) is -0.946. The third kappa shape index (κ3) is 9.79. The van der Waals surface area contributed by atoms with Crippen molar-refractivity contribution in [2.24, 2.45) is 4.99 Å². The van der Waals surface area contributed by atoms with E-state index < -0.39 is 16.4 Å². The van der Waals surface area contributed by atoms with Gasteiger partial charge in [0, 0.05) is 41.9 Å². The van der Waals surface area contributed by atoms with Gasteiger partial charge in [0.15, 0.2) is 5.96 Å². The number of nitrogens with one attached hydrogen (secondary N) is 2. The number of halogens is 1. The minimum absolute atomic E-state index is 0. The summed E-state index contributed by atoms with van der Waals surface area (Å²) >= 11 is 0. The lowest BCUT2D eigenvalue weighted by Crippen LogP contribution is -2.63. The summed E-state index contributed by atoms with van der Waals surface area (Å²) in [4.78, 5) is 18.2. The normalized spacial score (nSPS) is 15.7. The maximum Gasteiger partial charge on any atom is 0.410 e. The van der Waals surface area contributed by atoms with Gasteiger partial charge in [0.1, 0.15) is 5.60 Å². The summed E-state index contributed by atoms with van der Waals surface area (Å²) in [5.41, 5.74) is 0.591. The van der Waals surface area contributed by atoms with Crippen molar-refractivity contribution in [2.75, 3.05) is 31.9 Å². The van der Waals surface area contributed by atoms with Gasteiger partial charge in [0.25, 0.3) is 0 Å². The molecule has 1 aromatic rings. The molecular weight excluding hydrogens is 503 g/mol. The molecule has 1 amide bonds. The first-order chi connectivity index (χ1) is 13.3. The molecule has 0 bridgehead atoms. The number of guanidine groups is 1. The molecule has 1 aromatic carbocycles. The first kappa shape index (κ1) is 25.7. The quantitative estimate of drug-likeness (QED) is 0.318. The first-order valence-electron chi connectivity index (χ1n) is 9.68. The molecule has 164 valence electrons. The molecule has 1 heterocycles. The monoisotopic (exact) mass is 536 g/mol. The van der Waals surface area contributed by atoms with E-state index >= 15 is 0 Å². The summed E-state index contributed by atoms with van der Waals surface area (Å²) in [5, 5.41) is 6.51. The molecule has 0 saturated carbocycles. The SMILES string of the molecule is CCNC(=NCCS(=O)Cc1ccccc1)NC1CN(C(=O)OC(C)(C)C)C1.I. The first-order valence-corrected chi connectivity index (χ1v) is 11.2. The predicted octanol–water partition coefficient (Wildman–Crippen LogP) is 2.73. The molecule has 0 radical (unpaired) electrons. The molecule has 0 aliphatic carbocycles. The van der Waals surface area contributed by atoms with E-state index in [9.17, 15) is 9.00 Å². The lowest BCUT2D eigenvalue weighted by Gasteiger charge is -2.40. The van der Waals surface area contributed by atoms with Crippen molar-refractivity contribution in [3.63, 3.8) is 0 Å². The highest BCUT2D eigenvalue weighted by molar-refractivity contribution is 14.0. The highest BCUT2D eigenvalue weighted by Crippen LogP contribution is 2.15. The third-order valence-corrected chi connectivity index (χ3v) is 5.27. The van der Waals surface area contributed by atoms with Gasteiger partial charge in [-0.2, -0.15) is 0 Å². The van der Waals surface area contributed by atoms with Gasteiger partial charge < -0.3 is 20.3 Å². The number of benzene rings is 1. The predicted molar refractivity (Wildman–Crippen MR) is 129 cm³/mol. The highest BCUT2D eigenvalue weighted by atomic mass is 127. The van der Waals surface area contributed by atoms with Crippen LogP contribution >= 0.6 is 24.0 Å². The molecule has 1 fully saturated rings. The van der Waals surface area contributed by atoms with Crippen molar-refractivity contribution >= 4 is 46.8 Å². The van der Waals surface area contributed by atoms with E-state index in [0.29, 0.717) is 37.1 Å².